The number of quaternary nitrogens is 1. The first kappa shape index (κ1) is 17.0. The number of nitrogens with one attached hydrogen (secondary N) is 1. The van der Waals surface area contributed by atoms with Gasteiger partial charge in [-0.1, -0.05) is 54.1 Å². The zero-order valence-electron chi connectivity index (χ0n) is 12.7. The van der Waals surface area contributed by atoms with Crippen molar-refractivity contribution in [1.29, 1.82) is 0 Å². The highest BCUT2D eigenvalue weighted by atomic mass is 35.5. The molecule has 2 aromatic carbocycles. The average molecular weight is 333 g/mol. The van der Waals surface area contributed by atoms with Gasteiger partial charge in [0.2, 0.25) is 0 Å². The molecule has 120 valence electrons. The zero-order valence-corrected chi connectivity index (χ0v) is 13.5. The lowest BCUT2D eigenvalue weighted by molar-refractivity contribution is -0.719. The molecule has 0 aliphatic rings. The van der Waals surface area contributed by atoms with Gasteiger partial charge >= 0.3 is 6.03 Å². The molecule has 2 aromatic rings. The Bertz CT molecular complexity index is 691. The minimum Gasteiger partial charge on any atom is -0.351 e. The van der Waals surface area contributed by atoms with Crippen molar-refractivity contribution in [3.05, 3.63) is 70.7 Å². The number of urea groups is 1. The van der Waals surface area contributed by atoms with Crippen molar-refractivity contribution in [3.8, 4) is 0 Å². The van der Waals surface area contributed by atoms with Crippen LogP contribution < -0.4 is 16.4 Å². The van der Waals surface area contributed by atoms with Gasteiger partial charge in [0.1, 0.15) is 6.04 Å². The molecule has 2 rings (SSSR count). The Kier molecular flexibility index (Phi) is 5.73. The molecule has 0 aromatic heterocycles. The molecule has 0 aliphatic carbocycles. The Balaban J connectivity index is 2.23. The van der Waals surface area contributed by atoms with E-state index >= 15 is 0 Å². The van der Waals surface area contributed by atoms with Crippen LogP contribution >= 0.6 is 11.6 Å². The van der Waals surface area contributed by atoms with Crippen molar-refractivity contribution in [1.82, 2.24) is 5.32 Å². The van der Waals surface area contributed by atoms with Crippen molar-refractivity contribution < 1.29 is 14.9 Å². The van der Waals surface area contributed by atoms with E-state index in [2.05, 4.69) is 5.32 Å². The van der Waals surface area contributed by atoms with Gasteiger partial charge < -0.3 is 11.1 Å². The summed E-state index contributed by atoms with van der Waals surface area (Å²) in [7, 11) is 0. The monoisotopic (exact) mass is 332 g/mol. The Morgan fingerprint density at radius 2 is 1.74 bits per heavy atom. The van der Waals surface area contributed by atoms with E-state index in [-0.39, 0.29) is 6.04 Å². The Labute approximate surface area is 139 Å². The molecule has 0 radical (unpaired) electrons. The molecule has 0 saturated heterocycles. The van der Waals surface area contributed by atoms with Crippen LogP contribution in [0.3, 0.4) is 0 Å². The molecule has 6 heteroatoms. The first-order chi connectivity index (χ1) is 11.0. The topological polar surface area (TPSA) is 88.8 Å². The van der Waals surface area contributed by atoms with E-state index in [0.717, 1.165) is 11.1 Å². The normalized spacial score (nSPS) is 13.1. The quantitative estimate of drug-likeness (QED) is 0.780. The van der Waals surface area contributed by atoms with Gasteiger partial charge in [0.05, 0.1) is 0 Å². The maximum absolute atomic E-state index is 12.3. The first-order valence-corrected chi connectivity index (χ1v) is 7.61. The van der Waals surface area contributed by atoms with Crippen LogP contribution in [0.15, 0.2) is 54.6 Å². The van der Waals surface area contributed by atoms with E-state index in [1.54, 1.807) is 6.07 Å². The fourth-order valence-electron chi connectivity index (χ4n) is 2.40. The van der Waals surface area contributed by atoms with Gasteiger partial charge in [0.15, 0.2) is 6.04 Å². The van der Waals surface area contributed by atoms with E-state index < -0.39 is 18.0 Å². The molecule has 0 heterocycles. The van der Waals surface area contributed by atoms with Crippen molar-refractivity contribution in [2.45, 2.75) is 19.0 Å². The first-order valence-electron chi connectivity index (χ1n) is 7.23. The Morgan fingerprint density at radius 3 is 2.35 bits per heavy atom. The smallest absolute Gasteiger partial charge is 0.319 e. The Hall–Kier alpha value is -2.37. The summed E-state index contributed by atoms with van der Waals surface area (Å²) in [6, 6.07) is 15.2. The summed E-state index contributed by atoms with van der Waals surface area (Å²) in [6.45, 7) is 1.97. The number of hydrogen-bond acceptors (Lipinski definition) is 2. The number of carbonyl (C=O) groups excluding carboxylic acids is 2. The van der Waals surface area contributed by atoms with Gasteiger partial charge in [-0.3, -0.25) is 10.1 Å². The molecular weight excluding hydrogens is 314 g/mol. The third kappa shape index (κ3) is 4.81. The van der Waals surface area contributed by atoms with Crippen LogP contribution in [-0.4, -0.2) is 11.9 Å². The predicted octanol–water partition coefficient (Wildman–Crippen LogP) is 1.90. The lowest BCUT2D eigenvalue weighted by atomic mass is 10.0. The van der Waals surface area contributed by atoms with E-state index in [9.17, 15) is 9.59 Å². The maximum Gasteiger partial charge on any atom is 0.319 e. The number of hydrogen-bond donors (Lipinski definition) is 3. The zero-order chi connectivity index (χ0) is 16.8. The van der Waals surface area contributed by atoms with E-state index in [0.29, 0.717) is 5.02 Å². The maximum atomic E-state index is 12.3. The fraction of sp³-hybridized carbons (Fsp3) is 0.176. The molecule has 0 aliphatic heterocycles. The van der Waals surface area contributed by atoms with Crippen LogP contribution in [-0.2, 0) is 4.79 Å². The van der Waals surface area contributed by atoms with Crippen LogP contribution in [0, 0.1) is 0 Å². The Morgan fingerprint density at radius 1 is 1.09 bits per heavy atom. The number of nitrogens with two attached hydrogens (primary N) is 2. The lowest BCUT2D eigenvalue weighted by Gasteiger charge is -2.19. The van der Waals surface area contributed by atoms with Crippen LogP contribution in [0.4, 0.5) is 4.79 Å². The second-order valence-electron chi connectivity index (χ2n) is 5.28. The highest BCUT2D eigenvalue weighted by molar-refractivity contribution is 6.30. The summed E-state index contributed by atoms with van der Waals surface area (Å²) in [4.78, 5) is 23.3. The van der Waals surface area contributed by atoms with Gasteiger partial charge in [0.25, 0.3) is 5.91 Å². The molecule has 0 spiro atoms. The number of amides is 3. The number of carbonyl (C=O) groups is 2. The minimum atomic E-state index is -0.861. The van der Waals surface area contributed by atoms with Crippen LogP contribution in [0.1, 0.15) is 30.1 Å². The molecular formula is C17H19ClN3O2+. The minimum absolute atomic E-state index is 0.0301. The third-order valence-electron chi connectivity index (χ3n) is 3.54. The lowest BCUT2D eigenvalue weighted by Crippen LogP contribution is -2.88. The molecule has 23 heavy (non-hydrogen) atoms. The number of benzene rings is 2. The fourth-order valence-corrected chi connectivity index (χ4v) is 2.60. The highest BCUT2D eigenvalue weighted by Crippen LogP contribution is 2.17. The van der Waals surface area contributed by atoms with Crippen LogP contribution in [0.25, 0.3) is 0 Å². The van der Waals surface area contributed by atoms with Gasteiger partial charge in [-0.2, -0.15) is 0 Å². The van der Waals surface area contributed by atoms with Gasteiger partial charge in [-0.25, -0.2) is 4.79 Å². The van der Waals surface area contributed by atoms with Crippen molar-refractivity contribution in [2.75, 3.05) is 0 Å². The molecule has 5 nitrogen and oxygen atoms in total. The summed E-state index contributed by atoms with van der Waals surface area (Å²) in [6.07, 6.45) is 0. The van der Waals surface area contributed by atoms with Crippen molar-refractivity contribution in [3.63, 3.8) is 0 Å². The summed E-state index contributed by atoms with van der Waals surface area (Å²) in [5.74, 6) is -0.447. The molecule has 0 saturated carbocycles. The second-order valence-corrected chi connectivity index (χ2v) is 5.71. The highest BCUT2D eigenvalue weighted by Gasteiger charge is 2.27. The van der Waals surface area contributed by atoms with Crippen LogP contribution in [0.2, 0.25) is 5.02 Å². The average Bonchev–Trinajstić information content (AvgIpc) is 2.52. The van der Waals surface area contributed by atoms with Gasteiger partial charge in [-0.05, 0) is 19.1 Å². The number of imide groups is 1. The largest absolute Gasteiger partial charge is 0.351 e. The van der Waals surface area contributed by atoms with Crippen LogP contribution in [0.5, 0.6) is 0 Å². The number of halogens is 1. The number of primary amides is 1. The summed E-state index contributed by atoms with van der Waals surface area (Å²) in [5.41, 5.74) is 6.85. The molecule has 5 N–H and O–H groups in total. The van der Waals surface area contributed by atoms with E-state index in [1.165, 1.54) is 0 Å². The SMILES string of the molecule is C[C@@H]([NH2+][C@H](C(=O)NC(N)=O)c1ccccc1)c1cccc(Cl)c1. The molecule has 0 unspecified atom stereocenters. The molecule has 0 bridgehead atoms. The molecule has 3 amide bonds. The molecule has 2 atom stereocenters. The number of rotatable bonds is 5. The summed E-state index contributed by atoms with van der Waals surface area (Å²) < 4.78 is 0. The van der Waals surface area contributed by atoms with Crippen molar-refractivity contribution in [2.24, 2.45) is 5.73 Å². The standard InChI is InChI=1S/C17H18ClN3O2/c1-11(13-8-5-9-14(18)10-13)20-15(16(22)21-17(19)23)12-6-3-2-4-7-12/h2-11,15,20H,1H3,(H3,19,21,22,23)/p+1/t11-,15+/m1/s1. The molecule has 0 fully saturated rings. The van der Waals surface area contributed by atoms with Gasteiger partial charge in [-0.15, -0.1) is 0 Å². The predicted molar refractivity (Wildman–Crippen MR) is 88.7 cm³/mol. The third-order valence-corrected chi connectivity index (χ3v) is 3.78. The second kappa shape index (κ2) is 7.76. The van der Waals surface area contributed by atoms with Crippen molar-refractivity contribution >= 4 is 23.5 Å². The summed E-state index contributed by atoms with van der Waals surface area (Å²) >= 11 is 6.02. The van der Waals surface area contributed by atoms with E-state index in [4.69, 9.17) is 17.3 Å². The van der Waals surface area contributed by atoms with E-state index in [1.807, 2.05) is 60.8 Å². The summed E-state index contributed by atoms with van der Waals surface area (Å²) in [5, 5.41) is 4.67. The van der Waals surface area contributed by atoms with Gasteiger partial charge in [0, 0.05) is 16.1 Å².